The van der Waals surface area contributed by atoms with Crippen LogP contribution in [0.25, 0.3) is 0 Å². The number of benzene rings is 2. The maximum absolute atomic E-state index is 6.00. The zero-order valence-corrected chi connectivity index (χ0v) is 12.7. The molecule has 2 N–H and O–H groups in total. The third-order valence-corrected chi connectivity index (χ3v) is 3.51. The molecule has 0 aromatic heterocycles. The van der Waals surface area contributed by atoms with Crippen LogP contribution in [-0.2, 0) is 13.0 Å². The summed E-state index contributed by atoms with van der Waals surface area (Å²) in [5, 5.41) is 0. The molecule has 3 heteroatoms. The summed E-state index contributed by atoms with van der Waals surface area (Å²) >= 11 is 0. The normalized spacial score (nSPS) is 12.0. The zero-order valence-electron chi connectivity index (χ0n) is 12.7. The predicted octanol–water partition coefficient (Wildman–Crippen LogP) is 3.55. The van der Waals surface area contributed by atoms with E-state index in [1.807, 2.05) is 36.4 Å². The average Bonchev–Trinajstić information content (AvgIpc) is 2.53. The van der Waals surface area contributed by atoms with E-state index in [0.717, 1.165) is 29.9 Å². The molecule has 0 amide bonds. The van der Waals surface area contributed by atoms with Crippen molar-refractivity contribution in [2.24, 2.45) is 5.73 Å². The number of hydrogen-bond donors (Lipinski definition) is 1. The van der Waals surface area contributed by atoms with Gasteiger partial charge in [-0.05, 0) is 36.6 Å². The Balaban J connectivity index is 2.01. The lowest BCUT2D eigenvalue weighted by molar-refractivity contribution is 0.296. The second-order valence-corrected chi connectivity index (χ2v) is 5.12. The van der Waals surface area contributed by atoms with E-state index in [1.54, 1.807) is 7.11 Å². The Morgan fingerprint density at radius 3 is 2.67 bits per heavy atom. The van der Waals surface area contributed by atoms with Gasteiger partial charge < -0.3 is 15.2 Å². The van der Waals surface area contributed by atoms with Crippen LogP contribution in [0.4, 0.5) is 0 Å². The third kappa shape index (κ3) is 4.50. The van der Waals surface area contributed by atoms with Gasteiger partial charge in [0.1, 0.15) is 18.1 Å². The molecule has 2 aromatic rings. The lowest BCUT2D eigenvalue weighted by Gasteiger charge is -2.12. The fraction of sp³-hybridized carbons (Fsp3) is 0.333. The van der Waals surface area contributed by atoms with Crippen molar-refractivity contribution >= 4 is 0 Å². The van der Waals surface area contributed by atoms with Crippen LogP contribution in [0.15, 0.2) is 48.5 Å². The minimum Gasteiger partial charge on any atom is -0.496 e. The molecule has 0 saturated heterocycles. The molecule has 0 aliphatic carbocycles. The molecule has 0 bridgehead atoms. The van der Waals surface area contributed by atoms with Gasteiger partial charge in [-0.15, -0.1) is 0 Å². The highest BCUT2D eigenvalue weighted by Gasteiger charge is 2.05. The Bertz CT molecular complexity index is 569. The molecule has 0 spiro atoms. The van der Waals surface area contributed by atoms with Gasteiger partial charge in [0, 0.05) is 11.6 Å². The first-order valence-corrected chi connectivity index (χ1v) is 7.32. The quantitative estimate of drug-likeness (QED) is 0.846. The lowest BCUT2D eigenvalue weighted by Crippen LogP contribution is -2.21. The average molecular weight is 285 g/mol. The Kier molecular flexibility index (Phi) is 5.64. The second-order valence-electron chi connectivity index (χ2n) is 5.12. The highest BCUT2D eigenvalue weighted by molar-refractivity contribution is 5.34. The van der Waals surface area contributed by atoms with Gasteiger partial charge in [-0.3, -0.25) is 0 Å². The number of hydrogen-bond acceptors (Lipinski definition) is 3. The van der Waals surface area contributed by atoms with E-state index >= 15 is 0 Å². The first kappa shape index (κ1) is 15.4. The largest absolute Gasteiger partial charge is 0.496 e. The molecule has 0 heterocycles. The Labute approximate surface area is 126 Å². The van der Waals surface area contributed by atoms with Crippen molar-refractivity contribution in [2.45, 2.75) is 32.4 Å². The SMILES string of the molecule is CCC(N)Cc1cccc(OCc2ccccc2OC)c1. The van der Waals surface area contributed by atoms with Gasteiger partial charge in [0.15, 0.2) is 0 Å². The lowest BCUT2D eigenvalue weighted by atomic mass is 10.0. The monoisotopic (exact) mass is 285 g/mol. The van der Waals surface area contributed by atoms with Crippen molar-refractivity contribution in [1.82, 2.24) is 0 Å². The second kappa shape index (κ2) is 7.70. The van der Waals surface area contributed by atoms with Gasteiger partial charge in [0.25, 0.3) is 0 Å². The van der Waals surface area contributed by atoms with Crippen molar-refractivity contribution in [3.05, 3.63) is 59.7 Å². The summed E-state index contributed by atoms with van der Waals surface area (Å²) < 4.78 is 11.2. The van der Waals surface area contributed by atoms with Gasteiger partial charge in [0.05, 0.1) is 7.11 Å². The Morgan fingerprint density at radius 2 is 1.90 bits per heavy atom. The number of rotatable bonds is 7. The van der Waals surface area contributed by atoms with Crippen molar-refractivity contribution < 1.29 is 9.47 Å². The molecule has 0 radical (unpaired) electrons. The number of methoxy groups -OCH3 is 1. The van der Waals surface area contributed by atoms with Crippen molar-refractivity contribution in [3.63, 3.8) is 0 Å². The summed E-state index contributed by atoms with van der Waals surface area (Å²) in [5.74, 6) is 1.71. The molecule has 21 heavy (non-hydrogen) atoms. The van der Waals surface area contributed by atoms with Crippen molar-refractivity contribution in [1.29, 1.82) is 0 Å². The summed E-state index contributed by atoms with van der Waals surface area (Å²) in [4.78, 5) is 0. The number of ether oxygens (including phenoxy) is 2. The van der Waals surface area contributed by atoms with E-state index in [0.29, 0.717) is 6.61 Å². The molecule has 1 atom stereocenters. The summed E-state index contributed by atoms with van der Waals surface area (Å²) in [6.07, 6.45) is 1.86. The standard InChI is InChI=1S/C18H23NO2/c1-3-16(19)11-14-7-6-9-17(12-14)21-13-15-8-4-5-10-18(15)20-2/h4-10,12,16H,3,11,13,19H2,1-2H3. The summed E-state index contributed by atoms with van der Waals surface area (Å²) in [6.45, 7) is 2.60. The Morgan fingerprint density at radius 1 is 1.10 bits per heavy atom. The van der Waals surface area contributed by atoms with Gasteiger partial charge in [0.2, 0.25) is 0 Å². The van der Waals surface area contributed by atoms with E-state index in [-0.39, 0.29) is 6.04 Å². The molecule has 112 valence electrons. The third-order valence-electron chi connectivity index (χ3n) is 3.51. The molecule has 0 aliphatic heterocycles. The zero-order chi connectivity index (χ0) is 15.1. The van der Waals surface area contributed by atoms with E-state index in [9.17, 15) is 0 Å². The topological polar surface area (TPSA) is 44.5 Å². The van der Waals surface area contributed by atoms with Crippen LogP contribution < -0.4 is 15.2 Å². The molecular weight excluding hydrogens is 262 g/mol. The Hall–Kier alpha value is -2.00. The van der Waals surface area contributed by atoms with E-state index in [1.165, 1.54) is 5.56 Å². The molecule has 2 rings (SSSR count). The molecular formula is C18H23NO2. The minimum absolute atomic E-state index is 0.203. The molecule has 0 aliphatic rings. The minimum atomic E-state index is 0.203. The fourth-order valence-electron chi connectivity index (χ4n) is 2.19. The highest BCUT2D eigenvalue weighted by atomic mass is 16.5. The predicted molar refractivity (Wildman–Crippen MR) is 85.7 cm³/mol. The molecule has 3 nitrogen and oxygen atoms in total. The maximum atomic E-state index is 6.00. The summed E-state index contributed by atoms with van der Waals surface area (Å²) in [7, 11) is 1.67. The van der Waals surface area contributed by atoms with Gasteiger partial charge in [-0.25, -0.2) is 0 Å². The first-order chi connectivity index (χ1) is 10.2. The van der Waals surface area contributed by atoms with Crippen LogP contribution in [-0.4, -0.2) is 13.2 Å². The van der Waals surface area contributed by atoms with Gasteiger partial charge in [-0.1, -0.05) is 37.3 Å². The number of para-hydroxylation sites is 1. The summed E-state index contributed by atoms with van der Waals surface area (Å²) in [6, 6.07) is 16.2. The first-order valence-electron chi connectivity index (χ1n) is 7.32. The van der Waals surface area contributed by atoms with Crippen LogP contribution in [0.3, 0.4) is 0 Å². The van der Waals surface area contributed by atoms with E-state index in [4.69, 9.17) is 15.2 Å². The fourth-order valence-corrected chi connectivity index (χ4v) is 2.19. The number of nitrogens with two attached hydrogens (primary N) is 1. The van der Waals surface area contributed by atoms with E-state index < -0.39 is 0 Å². The molecule has 0 fully saturated rings. The highest BCUT2D eigenvalue weighted by Crippen LogP contribution is 2.21. The van der Waals surface area contributed by atoms with Crippen molar-refractivity contribution in [2.75, 3.05) is 7.11 Å². The van der Waals surface area contributed by atoms with Crippen LogP contribution in [0, 0.1) is 0 Å². The molecule has 1 unspecified atom stereocenters. The summed E-state index contributed by atoms with van der Waals surface area (Å²) in [5.41, 5.74) is 8.25. The maximum Gasteiger partial charge on any atom is 0.125 e. The van der Waals surface area contributed by atoms with E-state index in [2.05, 4.69) is 19.1 Å². The van der Waals surface area contributed by atoms with Crippen molar-refractivity contribution in [3.8, 4) is 11.5 Å². The van der Waals surface area contributed by atoms with Crippen LogP contribution >= 0.6 is 0 Å². The van der Waals surface area contributed by atoms with Crippen LogP contribution in [0.1, 0.15) is 24.5 Å². The smallest absolute Gasteiger partial charge is 0.125 e. The molecule has 2 aromatic carbocycles. The van der Waals surface area contributed by atoms with Gasteiger partial charge >= 0.3 is 0 Å². The van der Waals surface area contributed by atoms with Crippen LogP contribution in [0.5, 0.6) is 11.5 Å². The van der Waals surface area contributed by atoms with Crippen LogP contribution in [0.2, 0.25) is 0 Å². The molecule has 0 saturated carbocycles. The van der Waals surface area contributed by atoms with Gasteiger partial charge in [-0.2, -0.15) is 0 Å².